The molecule has 0 bridgehead atoms. The van der Waals surface area contributed by atoms with E-state index in [1.54, 1.807) is 18.3 Å². The molecule has 2 aromatic rings. The van der Waals surface area contributed by atoms with Crippen LogP contribution in [0.4, 0.5) is 4.39 Å². The van der Waals surface area contributed by atoms with Gasteiger partial charge in [0, 0.05) is 38.6 Å². The molecule has 0 amide bonds. The number of rotatable bonds is 4. The Morgan fingerprint density at radius 2 is 2.36 bits per heavy atom. The van der Waals surface area contributed by atoms with Crippen molar-refractivity contribution in [3.05, 3.63) is 52.3 Å². The van der Waals surface area contributed by atoms with Crippen molar-refractivity contribution in [3.8, 4) is 0 Å². The van der Waals surface area contributed by atoms with Crippen molar-refractivity contribution in [1.29, 1.82) is 0 Å². The van der Waals surface area contributed by atoms with Crippen LogP contribution in [0, 0.1) is 5.82 Å². The van der Waals surface area contributed by atoms with Crippen LogP contribution in [0.5, 0.6) is 0 Å². The van der Waals surface area contributed by atoms with Gasteiger partial charge in [-0.1, -0.05) is 6.07 Å². The van der Waals surface area contributed by atoms with Gasteiger partial charge in [-0.05, 0) is 46.5 Å². The molecule has 1 fully saturated rings. The molecule has 22 heavy (non-hydrogen) atoms. The number of nitrogens with zero attached hydrogens (tertiary/aromatic N) is 2. The summed E-state index contributed by atoms with van der Waals surface area (Å²) in [5.74, 6) is 0.694. The Labute approximate surface area is 137 Å². The number of hydrogen-bond acceptors (Lipinski definition) is 3. The van der Waals surface area contributed by atoms with Crippen LogP contribution in [0.2, 0.25) is 0 Å². The molecular weight excluding hydrogens is 349 g/mol. The maximum Gasteiger partial charge on any atom is 0.139 e. The first kappa shape index (κ1) is 15.6. The Balaban J connectivity index is 1.69. The molecule has 0 unspecified atom stereocenters. The standard InChI is InChI=1S/C16H19BrFN3O/c1-21-7-6-19-16(21)15-14(3-2-8-22-15)20-10-11-4-5-12(17)13(18)9-11/h4-7,9,14-15,20H,2-3,8,10H2,1H3/t14-,15-/m0/s1. The highest BCUT2D eigenvalue weighted by molar-refractivity contribution is 9.10. The molecule has 1 saturated heterocycles. The van der Waals surface area contributed by atoms with Gasteiger partial charge in [-0.2, -0.15) is 0 Å². The Bertz CT molecular complexity index is 646. The molecule has 6 heteroatoms. The fourth-order valence-corrected chi connectivity index (χ4v) is 3.04. The van der Waals surface area contributed by atoms with Crippen LogP contribution in [0.15, 0.2) is 35.1 Å². The molecular formula is C16H19BrFN3O. The SMILES string of the molecule is Cn1ccnc1[C@H]1OCCC[C@@H]1NCc1ccc(Br)c(F)c1. The van der Waals surface area contributed by atoms with Crippen LogP contribution >= 0.6 is 15.9 Å². The van der Waals surface area contributed by atoms with Crippen molar-refractivity contribution < 1.29 is 9.13 Å². The summed E-state index contributed by atoms with van der Waals surface area (Å²) in [7, 11) is 1.97. The Kier molecular flexibility index (Phi) is 4.90. The molecule has 2 atom stereocenters. The molecule has 0 aliphatic carbocycles. The molecule has 1 aromatic carbocycles. The molecule has 2 heterocycles. The molecule has 1 aromatic heterocycles. The van der Waals surface area contributed by atoms with Crippen LogP contribution in [-0.2, 0) is 18.3 Å². The third-order valence-electron chi connectivity index (χ3n) is 3.99. The number of hydrogen-bond donors (Lipinski definition) is 1. The molecule has 118 valence electrons. The second-order valence-electron chi connectivity index (χ2n) is 5.57. The predicted molar refractivity (Wildman–Crippen MR) is 85.9 cm³/mol. The quantitative estimate of drug-likeness (QED) is 0.900. The number of imidazole rings is 1. The van der Waals surface area contributed by atoms with E-state index in [0.717, 1.165) is 30.8 Å². The molecule has 0 saturated carbocycles. The predicted octanol–water partition coefficient (Wildman–Crippen LogP) is 3.33. The molecule has 3 rings (SSSR count). The number of halogens is 2. The monoisotopic (exact) mass is 367 g/mol. The third kappa shape index (κ3) is 3.39. The highest BCUT2D eigenvalue weighted by Crippen LogP contribution is 2.27. The second-order valence-corrected chi connectivity index (χ2v) is 6.42. The number of nitrogens with one attached hydrogen (secondary N) is 1. The van der Waals surface area contributed by atoms with Gasteiger partial charge in [0.1, 0.15) is 17.7 Å². The summed E-state index contributed by atoms with van der Waals surface area (Å²) in [5.41, 5.74) is 0.921. The molecule has 1 aliphatic rings. The first-order chi connectivity index (χ1) is 10.6. The van der Waals surface area contributed by atoms with E-state index >= 15 is 0 Å². The molecule has 0 radical (unpaired) electrons. The average Bonchev–Trinajstić information content (AvgIpc) is 2.95. The minimum Gasteiger partial charge on any atom is -0.369 e. The minimum absolute atomic E-state index is 0.0611. The Morgan fingerprint density at radius 1 is 1.50 bits per heavy atom. The van der Waals surface area contributed by atoms with E-state index in [2.05, 4.69) is 26.2 Å². The normalized spacial score (nSPS) is 22.0. The van der Waals surface area contributed by atoms with Gasteiger partial charge >= 0.3 is 0 Å². The summed E-state index contributed by atoms with van der Waals surface area (Å²) in [6.07, 6.45) is 5.70. The maximum absolute atomic E-state index is 13.6. The van der Waals surface area contributed by atoms with E-state index < -0.39 is 0 Å². The first-order valence-electron chi connectivity index (χ1n) is 7.41. The lowest BCUT2D eigenvalue weighted by Crippen LogP contribution is -2.40. The van der Waals surface area contributed by atoms with Crippen LogP contribution in [-0.4, -0.2) is 22.2 Å². The average molecular weight is 368 g/mol. The summed E-state index contributed by atoms with van der Waals surface area (Å²) in [5, 5.41) is 3.49. The van der Waals surface area contributed by atoms with Gasteiger partial charge in [0.2, 0.25) is 0 Å². The zero-order chi connectivity index (χ0) is 15.5. The molecule has 4 nitrogen and oxygen atoms in total. The Hall–Kier alpha value is -1.24. The van der Waals surface area contributed by atoms with Gasteiger partial charge in [0.15, 0.2) is 0 Å². The highest BCUT2D eigenvalue weighted by Gasteiger charge is 2.29. The number of benzene rings is 1. The van der Waals surface area contributed by atoms with Gasteiger partial charge in [0.05, 0.1) is 4.47 Å². The van der Waals surface area contributed by atoms with Gasteiger partial charge in [-0.15, -0.1) is 0 Å². The van der Waals surface area contributed by atoms with Crippen LogP contribution in [0.3, 0.4) is 0 Å². The second kappa shape index (κ2) is 6.89. The van der Waals surface area contributed by atoms with Crippen molar-refractivity contribution in [1.82, 2.24) is 14.9 Å². The van der Waals surface area contributed by atoms with E-state index in [9.17, 15) is 4.39 Å². The van der Waals surface area contributed by atoms with Crippen LogP contribution in [0.1, 0.15) is 30.3 Å². The minimum atomic E-state index is -0.236. The van der Waals surface area contributed by atoms with Crippen LogP contribution < -0.4 is 5.32 Å². The fourth-order valence-electron chi connectivity index (χ4n) is 2.79. The lowest BCUT2D eigenvalue weighted by molar-refractivity contribution is -0.0178. The van der Waals surface area contributed by atoms with E-state index in [0.29, 0.717) is 11.0 Å². The van der Waals surface area contributed by atoms with Crippen molar-refractivity contribution in [2.24, 2.45) is 7.05 Å². The summed E-state index contributed by atoms with van der Waals surface area (Å²) in [6.45, 7) is 1.36. The summed E-state index contributed by atoms with van der Waals surface area (Å²) >= 11 is 3.17. The zero-order valence-corrected chi connectivity index (χ0v) is 14.0. The van der Waals surface area contributed by atoms with Crippen molar-refractivity contribution >= 4 is 15.9 Å². The van der Waals surface area contributed by atoms with Gasteiger partial charge < -0.3 is 14.6 Å². The van der Waals surface area contributed by atoms with Crippen molar-refractivity contribution in [3.63, 3.8) is 0 Å². The lowest BCUT2D eigenvalue weighted by atomic mass is 10.0. The maximum atomic E-state index is 13.6. The Morgan fingerprint density at radius 3 is 3.09 bits per heavy atom. The smallest absolute Gasteiger partial charge is 0.139 e. The fraction of sp³-hybridized carbons (Fsp3) is 0.438. The summed E-state index contributed by atoms with van der Waals surface area (Å²) in [4.78, 5) is 4.40. The van der Waals surface area contributed by atoms with Gasteiger partial charge in [0.25, 0.3) is 0 Å². The van der Waals surface area contributed by atoms with E-state index in [-0.39, 0.29) is 18.0 Å². The van der Waals surface area contributed by atoms with Crippen molar-refractivity contribution in [2.45, 2.75) is 31.5 Å². The number of ether oxygens (including phenoxy) is 1. The number of aromatic nitrogens is 2. The third-order valence-corrected chi connectivity index (χ3v) is 4.63. The summed E-state index contributed by atoms with van der Waals surface area (Å²) < 4.78 is 22.0. The lowest BCUT2D eigenvalue weighted by Gasteiger charge is -2.32. The molecule has 1 N–H and O–H groups in total. The van der Waals surface area contributed by atoms with Gasteiger partial charge in [-0.3, -0.25) is 0 Å². The summed E-state index contributed by atoms with van der Waals surface area (Å²) in [6, 6.07) is 5.39. The molecule has 0 spiro atoms. The topological polar surface area (TPSA) is 39.1 Å². The molecule has 1 aliphatic heterocycles. The van der Waals surface area contributed by atoms with E-state index in [4.69, 9.17) is 4.74 Å². The first-order valence-corrected chi connectivity index (χ1v) is 8.20. The zero-order valence-electron chi connectivity index (χ0n) is 12.4. The van der Waals surface area contributed by atoms with E-state index in [1.165, 1.54) is 0 Å². The highest BCUT2D eigenvalue weighted by atomic mass is 79.9. The van der Waals surface area contributed by atoms with E-state index in [1.807, 2.05) is 23.9 Å². The van der Waals surface area contributed by atoms with Gasteiger partial charge in [-0.25, -0.2) is 9.37 Å². The largest absolute Gasteiger partial charge is 0.369 e. The van der Waals surface area contributed by atoms with Crippen LogP contribution in [0.25, 0.3) is 0 Å². The van der Waals surface area contributed by atoms with Crippen molar-refractivity contribution in [2.75, 3.05) is 6.61 Å². The number of aryl methyl sites for hydroxylation is 1.